The fourth-order valence-electron chi connectivity index (χ4n) is 3.31. The molecule has 2 heterocycles. The smallest absolute Gasteiger partial charge is 0.141 e. The van der Waals surface area contributed by atoms with Crippen LogP contribution in [0.3, 0.4) is 0 Å². The van der Waals surface area contributed by atoms with Crippen molar-refractivity contribution >= 4 is 33.3 Å². The highest BCUT2D eigenvalue weighted by Crippen LogP contribution is 2.27. The van der Waals surface area contributed by atoms with Crippen molar-refractivity contribution in [2.45, 2.75) is 6.92 Å². The zero-order valence-corrected chi connectivity index (χ0v) is 14.8. The predicted molar refractivity (Wildman–Crippen MR) is 109 cm³/mol. The van der Waals surface area contributed by atoms with E-state index in [9.17, 15) is 0 Å². The first-order chi connectivity index (χ1) is 13.3. The van der Waals surface area contributed by atoms with E-state index in [1.54, 1.807) is 6.33 Å². The molecule has 0 bridgehead atoms. The van der Waals surface area contributed by atoms with Crippen LogP contribution in [-0.4, -0.2) is 19.7 Å². The zero-order valence-electron chi connectivity index (χ0n) is 14.8. The molecule has 5 heteroatoms. The van der Waals surface area contributed by atoms with E-state index in [0.29, 0.717) is 0 Å². The number of anilines is 2. The molecule has 0 spiro atoms. The summed E-state index contributed by atoms with van der Waals surface area (Å²) in [5.41, 5.74) is 5.14. The monoisotopic (exact) mass is 351 g/mol. The fraction of sp³-hybridized carbons (Fsp3) is 0.0455. The van der Waals surface area contributed by atoms with Gasteiger partial charge in [-0.25, -0.2) is 14.6 Å². The molecule has 0 aliphatic carbocycles. The average Bonchev–Trinajstić information content (AvgIpc) is 3.12. The van der Waals surface area contributed by atoms with Gasteiger partial charge in [0.25, 0.3) is 0 Å². The van der Waals surface area contributed by atoms with Crippen molar-refractivity contribution in [3.63, 3.8) is 0 Å². The lowest BCUT2D eigenvalue weighted by molar-refractivity contribution is 0.912. The predicted octanol–water partition coefficient (Wildman–Crippen LogP) is 5.02. The lowest BCUT2D eigenvalue weighted by Gasteiger charge is -2.11. The van der Waals surface area contributed by atoms with E-state index < -0.39 is 0 Å². The second kappa shape index (κ2) is 6.21. The maximum Gasteiger partial charge on any atom is 0.141 e. The van der Waals surface area contributed by atoms with Crippen LogP contribution in [0, 0.1) is 6.92 Å². The molecular formula is C22H17N5. The average molecular weight is 351 g/mol. The van der Waals surface area contributed by atoms with Crippen molar-refractivity contribution in [2.75, 3.05) is 5.32 Å². The summed E-state index contributed by atoms with van der Waals surface area (Å²) in [7, 11) is 0. The first-order valence-corrected chi connectivity index (χ1v) is 8.79. The molecule has 0 atom stereocenters. The number of benzene rings is 3. The summed E-state index contributed by atoms with van der Waals surface area (Å²) in [6.07, 6.45) is 3.47. The zero-order chi connectivity index (χ0) is 18.2. The van der Waals surface area contributed by atoms with E-state index >= 15 is 0 Å². The van der Waals surface area contributed by atoms with Crippen molar-refractivity contribution in [1.82, 2.24) is 19.7 Å². The number of rotatable bonds is 3. The normalized spacial score (nSPS) is 11.1. The fourth-order valence-corrected chi connectivity index (χ4v) is 3.31. The Bertz CT molecular complexity index is 1270. The Morgan fingerprint density at radius 1 is 0.889 bits per heavy atom. The summed E-state index contributed by atoms with van der Waals surface area (Å²) in [6.45, 7) is 2.07. The quantitative estimate of drug-likeness (QED) is 0.496. The van der Waals surface area contributed by atoms with Crippen molar-refractivity contribution in [3.05, 3.63) is 84.8 Å². The van der Waals surface area contributed by atoms with Crippen LogP contribution in [0.5, 0.6) is 0 Å². The molecule has 0 aliphatic rings. The third-order valence-electron chi connectivity index (χ3n) is 4.62. The Balaban J connectivity index is 1.64. The summed E-state index contributed by atoms with van der Waals surface area (Å²) in [5, 5.41) is 10.0. The van der Waals surface area contributed by atoms with Gasteiger partial charge in [0.2, 0.25) is 0 Å². The van der Waals surface area contributed by atoms with Crippen LogP contribution in [0.15, 0.2) is 79.3 Å². The highest BCUT2D eigenvalue weighted by Gasteiger charge is 2.09. The van der Waals surface area contributed by atoms with Crippen LogP contribution in [0.4, 0.5) is 11.5 Å². The number of nitrogens with zero attached hydrogens (tertiary/aromatic N) is 4. The van der Waals surface area contributed by atoms with Crippen LogP contribution in [-0.2, 0) is 0 Å². The molecule has 1 N–H and O–H groups in total. The van der Waals surface area contributed by atoms with Crippen molar-refractivity contribution in [1.29, 1.82) is 0 Å². The van der Waals surface area contributed by atoms with Crippen molar-refractivity contribution in [3.8, 4) is 5.69 Å². The van der Waals surface area contributed by atoms with E-state index in [2.05, 4.69) is 57.6 Å². The summed E-state index contributed by atoms with van der Waals surface area (Å²) in [6, 6.07) is 22.5. The van der Waals surface area contributed by atoms with Gasteiger partial charge in [-0.05, 0) is 48.9 Å². The summed E-state index contributed by atoms with van der Waals surface area (Å²) < 4.78 is 1.94. The Kier molecular flexibility index (Phi) is 3.57. The number of aryl methyl sites for hydroxylation is 1. The third-order valence-corrected chi connectivity index (χ3v) is 4.62. The first-order valence-electron chi connectivity index (χ1n) is 8.79. The molecule has 3 aromatic carbocycles. The lowest BCUT2D eigenvalue weighted by atomic mass is 10.2. The number of hydrogen-bond donors (Lipinski definition) is 1. The van der Waals surface area contributed by atoms with E-state index in [1.807, 2.05) is 47.3 Å². The minimum absolute atomic E-state index is 0.781. The largest absolute Gasteiger partial charge is 0.340 e. The van der Waals surface area contributed by atoms with Gasteiger partial charge in [0.1, 0.15) is 12.1 Å². The summed E-state index contributed by atoms with van der Waals surface area (Å²) in [5.74, 6) is 0.781. The molecule has 5 aromatic rings. The van der Waals surface area contributed by atoms with Crippen LogP contribution in [0.1, 0.15) is 5.56 Å². The summed E-state index contributed by atoms with van der Waals surface area (Å²) >= 11 is 0. The molecule has 0 saturated heterocycles. The summed E-state index contributed by atoms with van der Waals surface area (Å²) in [4.78, 5) is 8.87. The van der Waals surface area contributed by atoms with E-state index in [0.717, 1.165) is 39.0 Å². The molecule has 0 saturated carbocycles. The molecule has 130 valence electrons. The van der Waals surface area contributed by atoms with Crippen LogP contribution >= 0.6 is 0 Å². The van der Waals surface area contributed by atoms with Gasteiger partial charge < -0.3 is 5.32 Å². The Labute approximate surface area is 156 Å². The molecule has 5 nitrogen and oxygen atoms in total. The Morgan fingerprint density at radius 2 is 1.81 bits per heavy atom. The highest BCUT2D eigenvalue weighted by molar-refractivity contribution is 5.92. The molecule has 0 radical (unpaired) electrons. The third kappa shape index (κ3) is 2.79. The van der Waals surface area contributed by atoms with Crippen LogP contribution in [0.2, 0.25) is 0 Å². The molecule has 0 unspecified atom stereocenters. The molecular weight excluding hydrogens is 334 g/mol. The van der Waals surface area contributed by atoms with Crippen molar-refractivity contribution in [2.24, 2.45) is 0 Å². The van der Waals surface area contributed by atoms with Gasteiger partial charge in [-0.2, -0.15) is 5.10 Å². The van der Waals surface area contributed by atoms with Crippen molar-refractivity contribution < 1.29 is 0 Å². The molecule has 2 aromatic heterocycles. The highest BCUT2D eigenvalue weighted by atomic mass is 15.3. The molecule has 0 amide bonds. The molecule has 0 fully saturated rings. The van der Waals surface area contributed by atoms with Gasteiger partial charge in [0, 0.05) is 16.5 Å². The number of aromatic nitrogens is 4. The van der Waals surface area contributed by atoms with Gasteiger partial charge in [0.15, 0.2) is 0 Å². The van der Waals surface area contributed by atoms with Gasteiger partial charge in [-0.1, -0.05) is 30.3 Å². The number of hydrogen-bond acceptors (Lipinski definition) is 4. The second-order valence-corrected chi connectivity index (χ2v) is 6.53. The molecule has 27 heavy (non-hydrogen) atoms. The number of nitrogens with one attached hydrogen (secondary N) is 1. The first kappa shape index (κ1) is 15.5. The van der Waals surface area contributed by atoms with E-state index in [4.69, 9.17) is 0 Å². The minimum Gasteiger partial charge on any atom is -0.340 e. The van der Waals surface area contributed by atoms with Gasteiger partial charge in [-0.15, -0.1) is 0 Å². The lowest BCUT2D eigenvalue weighted by Crippen LogP contribution is -1.99. The molecule has 5 rings (SSSR count). The van der Waals surface area contributed by atoms with E-state index in [-0.39, 0.29) is 0 Å². The maximum atomic E-state index is 4.55. The van der Waals surface area contributed by atoms with Crippen LogP contribution in [0.25, 0.3) is 27.5 Å². The topological polar surface area (TPSA) is 55.6 Å². The molecule has 0 aliphatic heterocycles. The van der Waals surface area contributed by atoms with Gasteiger partial charge >= 0.3 is 0 Å². The minimum atomic E-state index is 0.781. The number of fused-ring (bicyclic) bond motifs is 2. The standard InChI is InChI=1S/C22H17N5/c1-15-5-4-7-17(11-15)26-22-19-12-18(9-10-20(19)23-14-24-22)27-21-8-3-2-6-16(21)13-25-27/h2-14H,1H3,(H,23,24,26). The Hall–Kier alpha value is -3.73. The SMILES string of the molecule is Cc1cccc(Nc2ncnc3ccc(-n4ncc5ccccc54)cc23)c1. The van der Waals surface area contributed by atoms with Gasteiger partial charge in [-0.3, -0.25) is 0 Å². The Morgan fingerprint density at radius 3 is 2.74 bits per heavy atom. The van der Waals surface area contributed by atoms with E-state index in [1.165, 1.54) is 5.56 Å². The van der Waals surface area contributed by atoms with Crippen LogP contribution < -0.4 is 5.32 Å². The number of para-hydroxylation sites is 1. The van der Waals surface area contributed by atoms with Gasteiger partial charge in [0.05, 0.1) is 22.9 Å². The second-order valence-electron chi connectivity index (χ2n) is 6.53. The maximum absolute atomic E-state index is 4.55.